The highest BCUT2D eigenvalue weighted by Crippen LogP contribution is 2.37. The Hall–Kier alpha value is -3.38. The van der Waals surface area contributed by atoms with Crippen molar-refractivity contribution < 1.29 is 42.0 Å². The van der Waals surface area contributed by atoms with Crippen molar-refractivity contribution in [3.8, 4) is 11.5 Å². The summed E-state index contributed by atoms with van der Waals surface area (Å²) < 4.78 is 48.5. The second-order valence-corrected chi connectivity index (χ2v) is 6.61. The van der Waals surface area contributed by atoms with E-state index in [2.05, 4.69) is 4.84 Å². The third-order valence-electron chi connectivity index (χ3n) is 4.05. The molecule has 0 saturated carbocycles. The number of halogens is 4. The number of alkyl halides is 3. The van der Waals surface area contributed by atoms with E-state index in [0.29, 0.717) is 6.07 Å². The number of esters is 1. The highest BCUT2D eigenvalue weighted by Gasteiger charge is 2.31. The largest absolute Gasteiger partial charge is 0.456 e. The van der Waals surface area contributed by atoms with Crippen LogP contribution in [0.15, 0.2) is 36.4 Å². The molecule has 0 unspecified atom stereocenters. The molecule has 0 fully saturated rings. The topological polar surface area (TPSA) is 108 Å². The van der Waals surface area contributed by atoms with E-state index in [1.165, 1.54) is 20.2 Å². The molecule has 1 amide bonds. The number of likely N-dealkylation sites (N-methyl/N-ethyl adjacent to an activating group) is 1. The summed E-state index contributed by atoms with van der Waals surface area (Å²) in [6, 6.07) is 5.83. The number of benzene rings is 2. The van der Waals surface area contributed by atoms with E-state index in [-0.39, 0.29) is 22.1 Å². The van der Waals surface area contributed by atoms with Gasteiger partial charge >= 0.3 is 12.1 Å². The van der Waals surface area contributed by atoms with Gasteiger partial charge in [-0.1, -0.05) is 11.6 Å². The molecule has 0 saturated heterocycles. The molecule has 0 aromatic heterocycles. The van der Waals surface area contributed by atoms with Crippen LogP contribution in [-0.2, 0) is 31.8 Å². The third-order valence-corrected chi connectivity index (χ3v) is 4.35. The van der Waals surface area contributed by atoms with Crippen molar-refractivity contribution in [2.45, 2.75) is 12.6 Å². The molecule has 0 spiro atoms. The van der Waals surface area contributed by atoms with Crippen molar-refractivity contribution >= 4 is 29.2 Å². The zero-order valence-electron chi connectivity index (χ0n) is 16.6. The second kappa shape index (κ2) is 10.3. The molecule has 0 N–H and O–H groups in total. The molecule has 172 valence electrons. The summed E-state index contributed by atoms with van der Waals surface area (Å²) in [5, 5.41) is 11.8. The van der Waals surface area contributed by atoms with Crippen molar-refractivity contribution in [1.82, 2.24) is 5.06 Å². The number of carbonyl (C=O) groups is 2. The fourth-order valence-electron chi connectivity index (χ4n) is 2.37. The lowest BCUT2D eigenvalue weighted by Gasteiger charge is -2.14. The summed E-state index contributed by atoms with van der Waals surface area (Å²) in [5.41, 5.74) is -1.50. The van der Waals surface area contributed by atoms with E-state index in [0.717, 1.165) is 29.3 Å². The summed E-state index contributed by atoms with van der Waals surface area (Å²) in [4.78, 5) is 38.8. The van der Waals surface area contributed by atoms with E-state index in [1.807, 2.05) is 0 Å². The molecule has 0 heterocycles. The standard InChI is InChI=1S/C19H16ClF3N2O7/c1-24(30-2)17(26)10-31-18(27)8-11-7-13(4-5-15(11)25(28)29)32-16-6-3-12(9-14(16)20)19(21,22)23/h3-7,9H,8,10H2,1-2H3. The average Bonchev–Trinajstić information content (AvgIpc) is 2.72. The molecule has 0 aliphatic carbocycles. The Morgan fingerprint density at radius 1 is 1.19 bits per heavy atom. The number of rotatable bonds is 8. The van der Waals surface area contributed by atoms with E-state index < -0.39 is 47.3 Å². The van der Waals surface area contributed by atoms with Crippen LogP contribution in [0.1, 0.15) is 11.1 Å². The summed E-state index contributed by atoms with van der Waals surface area (Å²) >= 11 is 5.85. The van der Waals surface area contributed by atoms with Gasteiger partial charge in [0.15, 0.2) is 6.61 Å². The minimum atomic E-state index is -4.59. The number of hydroxylamine groups is 2. The molecule has 2 aromatic rings. The quantitative estimate of drug-likeness (QED) is 0.319. The van der Waals surface area contributed by atoms with Crippen molar-refractivity contribution in [2.24, 2.45) is 0 Å². The van der Waals surface area contributed by atoms with Gasteiger partial charge in [0.05, 0.1) is 29.0 Å². The van der Waals surface area contributed by atoms with Gasteiger partial charge < -0.3 is 9.47 Å². The molecule has 2 aromatic carbocycles. The summed E-state index contributed by atoms with van der Waals surface area (Å²) in [6.45, 7) is -0.645. The molecule has 0 bridgehead atoms. The maximum absolute atomic E-state index is 12.8. The maximum atomic E-state index is 12.8. The minimum absolute atomic E-state index is 0.0183. The molecule has 0 radical (unpaired) electrons. The van der Waals surface area contributed by atoms with Gasteiger partial charge in [-0.25, -0.2) is 5.06 Å². The predicted molar refractivity (Wildman–Crippen MR) is 104 cm³/mol. The van der Waals surface area contributed by atoms with Gasteiger partial charge in [-0.3, -0.25) is 24.5 Å². The first-order chi connectivity index (χ1) is 14.9. The Morgan fingerprint density at radius 2 is 1.88 bits per heavy atom. The van der Waals surface area contributed by atoms with Crippen molar-refractivity contribution in [3.05, 3.63) is 62.7 Å². The van der Waals surface area contributed by atoms with Crippen LogP contribution in [0.25, 0.3) is 0 Å². The fourth-order valence-corrected chi connectivity index (χ4v) is 2.59. The second-order valence-electron chi connectivity index (χ2n) is 6.20. The van der Waals surface area contributed by atoms with Gasteiger partial charge in [-0.05, 0) is 30.3 Å². The van der Waals surface area contributed by atoms with E-state index >= 15 is 0 Å². The smallest absolute Gasteiger partial charge is 0.416 e. The molecule has 0 aliphatic rings. The maximum Gasteiger partial charge on any atom is 0.416 e. The third kappa shape index (κ3) is 6.56. The average molecular weight is 477 g/mol. The molecule has 0 atom stereocenters. The van der Waals surface area contributed by atoms with Gasteiger partial charge in [0.1, 0.15) is 11.5 Å². The zero-order valence-corrected chi connectivity index (χ0v) is 17.4. The minimum Gasteiger partial charge on any atom is -0.456 e. The lowest BCUT2D eigenvalue weighted by Crippen LogP contribution is -2.30. The molecular formula is C19H16ClF3N2O7. The Balaban J connectivity index is 2.20. The molecule has 32 heavy (non-hydrogen) atoms. The van der Waals surface area contributed by atoms with Crippen molar-refractivity contribution in [3.63, 3.8) is 0 Å². The zero-order chi connectivity index (χ0) is 24.1. The molecule has 9 nitrogen and oxygen atoms in total. The van der Waals surface area contributed by atoms with Crippen LogP contribution >= 0.6 is 11.6 Å². The number of ether oxygens (including phenoxy) is 2. The SMILES string of the molecule is CON(C)C(=O)COC(=O)Cc1cc(Oc2ccc(C(F)(F)F)cc2Cl)ccc1[N+](=O)[O-]. The van der Waals surface area contributed by atoms with Crippen LogP contribution in [0.2, 0.25) is 5.02 Å². The number of nitro groups is 1. The number of carbonyl (C=O) groups excluding carboxylic acids is 2. The Morgan fingerprint density at radius 3 is 2.44 bits per heavy atom. The monoisotopic (exact) mass is 476 g/mol. The van der Waals surface area contributed by atoms with Crippen LogP contribution in [-0.4, -0.2) is 42.6 Å². The summed E-state index contributed by atoms with van der Waals surface area (Å²) in [7, 11) is 2.53. The van der Waals surface area contributed by atoms with E-state index in [4.69, 9.17) is 21.1 Å². The summed E-state index contributed by atoms with van der Waals surface area (Å²) in [6.07, 6.45) is -5.17. The first-order valence-corrected chi connectivity index (χ1v) is 9.08. The number of nitrogens with zero attached hydrogens (tertiary/aromatic N) is 2. The molecule has 2 rings (SSSR count). The lowest BCUT2D eigenvalue weighted by atomic mass is 10.1. The predicted octanol–water partition coefficient (Wildman–Crippen LogP) is 4.16. The first-order valence-electron chi connectivity index (χ1n) is 8.70. The van der Waals surface area contributed by atoms with E-state index in [9.17, 15) is 32.9 Å². The van der Waals surface area contributed by atoms with Crippen LogP contribution in [0.4, 0.5) is 18.9 Å². The van der Waals surface area contributed by atoms with Crippen molar-refractivity contribution in [1.29, 1.82) is 0 Å². The van der Waals surface area contributed by atoms with Gasteiger partial charge in [0.2, 0.25) is 0 Å². The summed E-state index contributed by atoms with van der Waals surface area (Å²) in [5.74, 6) is -1.74. The lowest BCUT2D eigenvalue weighted by molar-refractivity contribution is -0.385. The molecular weight excluding hydrogens is 461 g/mol. The fraction of sp³-hybridized carbons (Fsp3) is 0.263. The van der Waals surface area contributed by atoms with E-state index in [1.54, 1.807) is 0 Å². The molecule has 0 aliphatic heterocycles. The van der Waals surface area contributed by atoms with Crippen LogP contribution < -0.4 is 4.74 Å². The number of hydrogen-bond acceptors (Lipinski definition) is 7. The van der Waals surface area contributed by atoms with Crippen LogP contribution in [0.3, 0.4) is 0 Å². The number of hydrogen-bond donors (Lipinski definition) is 0. The van der Waals surface area contributed by atoms with Gasteiger partial charge in [0, 0.05) is 18.7 Å². The van der Waals surface area contributed by atoms with Gasteiger partial charge in [-0.15, -0.1) is 0 Å². The normalized spacial score (nSPS) is 11.1. The van der Waals surface area contributed by atoms with Gasteiger partial charge in [-0.2, -0.15) is 13.2 Å². The van der Waals surface area contributed by atoms with Crippen molar-refractivity contribution in [2.75, 3.05) is 20.8 Å². The number of nitro benzene ring substituents is 1. The Kier molecular flexibility index (Phi) is 8.00. The molecule has 13 heteroatoms. The highest BCUT2D eigenvalue weighted by atomic mass is 35.5. The van der Waals surface area contributed by atoms with Crippen LogP contribution in [0, 0.1) is 10.1 Å². The van der Waals surface area contributed by atoms with Crippen LogP contribution in [0.5, 0.6) is 11.5 Å². The Labute approximate surface area is 184 Å². The number of amides is 1. The highest BCUT2D eigenvalue weighted by molar-refractivity contribution is 6.32. The first kappa shape index (κ1) is 24.9. The Bertz CT molecular complexity index is 1030. The van der Waals surface area contributed by atoms with Gasteiger partial charge in [0.25, 0.3) is 11.6 Å².